The zero-order valence-electron chi connectivity index (χ0n) is 19.8. The first-order chi connectivity index (χ1) is 17.4. The van der Waals surface area contributed by atoms with Crippen LogP contribution < -0.4 is 15.1 Å². The Morgan fingerprint density at radius 3 is 2.06 bits per heavy atom. The topological polar surface area (TPSA) is 123 Å². The number of rotatable bonds is 15. The van der Waals surface area contributed by atoms with Crippen molar-refractivity contribution >= 4 is 34.5 Å². The molecule has 0 saturated heterocycles. The normalized spacial score (nSPS) is 10.9. The van der Waals surface area contributed by atoms with E-state index >= 15 is 0 Å². The summed E-state index contributed by atoms with van der Waals surface area (Å²) in [6, 6.07) is 11.2. The third-order valence-electron chi connectivity index (χ3n) is 5.67. The van der Waals surface area contributed by atoms with E-state index < -0.39 is 17.6 Å². The molecule has 1 aromatic heterocycles. The molecule has 2 aromatic carbocycles. The Kier molecular flexibility index (Phi) is 10.2. The average Bonchev–Trinajstić information content (AvgIpc) is 2.85. The number of hydrogen-bond acceptors (Lipinski definition) is 6. The number of aromatic carboxylic acids is 2. The number of benzene rings is 2. The van der Waals surface area contributed by atoms with E-state index in [0.29, 0.717) is 55.3 Å². The Morgan fingerprint density at radius 1 is 0.778 bits per heavy atom. The molecule has 0 bridgehead atoms. The molecule has 8 nitrogen and oxygen atoms in total. The van der Waals surface area contributed by atoms with Crippen LogP contribution in [-0.2, 0) is 6.42 Å². The van der Waals surface area contributed by atoms with Gasteiger partial charge in [-0.1, -0.05) is 12.8 Å². The van der Waals surface area contributed by atoms with E-state index in [-0.39, 0.29) is 16.9 Å². The van der Waals surface area contributed by atoms with Crippen molar-refractivity contribution < 1.29 is 33.7 Å². The summed E-state index contributed by atoms with van der Waals surface area (Å²) in [5.74, 6) is -1.03. The molecule has 192 valence electrons. The molecule has 0 aliphatic rings. The zero-order valence-corrected chi connectivity index (χ0v) is 20.6. The fourth-order valence-electron chi connectivity index (χ4n) is 3.84. The number of hydrogen-bond donors (Lipinski definition) is 2. The molecule has 0 saturated carbocycles. The number of carbonyl (C=O) groups is 2. The lowest BCUT2D eigenvalue weighted by Gasteiger charge is -2.14. The van der Waals surface area contributed by atoms with Gasteiger partial charge in [-0.05, 0) is 68.0 Å². The summed E-state index contributed by atoms with van der Waals surface area (Å²) in [5.41, 5.74) is 0.260. The summed E-state index contributed by atoms with van der Waals surface area (Å²) in [5, 5.41) is 20.1. The van der Waals surface area contributed by atoms with Crippen LogP contribution in [0, 0.1) is 0 Å². The maximum atomic E-state index is 11.8. The number of carboxylic acids is 2. The molecule has 0 aliphatic heterocycles. The summed E-state index contributed by atoms with van der Waals surface area (Å²) in [6.07, 6.45) is 4.79. The van der Waals surface area contributed by atoms with Crippen LogP contribution in [-0.4, -0.2) is 41.2 Å². The standard InChI is InChI=1S/C27H29ClO8/c28-12-4-6-14-35-20-15-22(26(30)31)21(23(16-20)27(32)33)7-3-1-2-5-13-34-19-10-8-18-9-11-25(29)36-24(18)17-19/h8-11,15-17H,1-7,12-14H2,(H,30,31)(H,32,33). The molecule has 36 heavy (non-hydrogen) atoms. The lowest BCUT2D eigenvalue weighted by Crippen LogP contribution is -2.12. The third-order valence-corrected chi connectivity index (χ3v) is 5.93. The number of unbranched alkanes of at least 4 members (excludes halogenated alkanes) is 4. The summed E-state index contributed by atoms with van der Waals surface area (Å²) >= 11 is 5.65. The second-order valence-electron chi connectivity index (χ2n) is 8.32. The molecule has 0 aliphatic carbocycles. The molecule has 1 heterocycles. The SMILES string of the molecule is O=C(O)c1cc(OCCCCCl)cc(C(=O)O)c1CCCCCCOc1ccc2ccc(=O)oc2c1. The van der Waals surface area contributed by atoms with Crippen molar-refractivity contribution in [1.29, 1.82) is 0 Å². The van der Waals surface area contributed by atoms with Crippen molar-refractivity contribution in [2.24, 2.45) is 0 Å². The van der Waals surface area contributed by atoms with Gasteiger partial charge in [-0.25, -0.2) is 14.4 Å². The van der Waals surface area contributed by atoms with E-state index in [1.807, 2.05) is 12.1 Å². The number of ether oxygens (including phenoxy) is 2. The van der Waals surface area contributed by atoms with Crippen LogP contribution in [0.25, 0.3) is 11.0 Å². The predicted octanol–water partition coefficient (Wildman–Crippen LogP) is 5.77. The first kappa shape index (κ1) is 27.1. The number of halogens is 1. The molecule has 0 atom stereocenters. The summed E-state index contributed by atoms with van der Waals surface area (Å²) in [6.45, 7) is 0.805. The molecular formula is C27H29ClO8. The fraction of sp³-hybridized carbons (Fsp3) is 0.370. The minimum Gasteiger partial charge on any atom is -0.494 e. The quantitative estimate of drug-likeness (QED) is 0.148. The van der Waals surface area contributed by atoms with E-state index in [1.54, 1.807) is 12.1 Å². The number of alkyl halides is 1. The Bertz CT molecular complexity index is 1210. The van der Waals surface area contributed by atoms with Crippen molar-refractivity contribution in [2.75, 3.05) is 19.1 Å². The fourth-order valence-corrected chi connectivity index (χ4v) is 4.03. The van der Waals surface area contributed by atoms with Gasteiger partial charge >= 0.3 is 17.6 Å². The molecule has 0 radical (unpaired) electrons. The molecule has 0 amide bonds. The minimum absolute atomic E-state index is 0.0477. The van der Waals surface area contributed by atoms with Gasteiger partial charge in [0.1, 0.15) is 17.1 Å². The predicted molar refractivity (Wildman–Crippen MR) is 136 cm³/mol. The van der Waals surface area contributed by atoms with Crippen molar-refractivity contribution in [3.63, 3.8) is 0 Å². The van der Waals surface area contributed by atoms with Crippen LogP contribution in [0.2, 0.25) is 0 Å². The van der Waals surface area contributed by atoms with Gasteiger partial charge in [0.25, 0.3) is 0 Å². The van der Waals surface area contributed by atoms with Gasteiger partial charge in [-0.3, -0.25) is 0 Å². The van der Waals surface area contributed by atoms with Gasteiger partial charge in [-0.2, -0.15) is 0 Å². The molecule has 0 unspecified atom stereocenters. The first-order valence-corrected chi connectivity index (χ1v) is 12.4. The van der Waals surface area contributed by atoms with Gasteiger partial charge in [0, 0.05) is 23.4 Å². The largest absolute Gasteiger partial charge is 0.494 e. The van der Waals surface area contributed by atoms with Gasteiger partial charge in [0.15, 0.2) is 0 Å². The highest BCUT2D eigenvalue weighted by molar-refractivity contribution is 6.17. The smallest absolute Gasteiger partial charge is 0.336 e. The monoisotopic (exact) mass is 516 g/mol. The van der Waals surface area contributed by atoms with Gasteiger partial charge in [-0.15, -0.1) is 11.6 Å². The maximum absolute atomic E-state index is 11.8. The highest BCUT2D eigenvalue weighted by Gasteiger charge is 2.20. The minimum atomic E-state index is -1.18. The van der Waals surface area contributed by atoms with Crippen molar-refractivity contribution in [3.8, 4) is 11.5 Å². The van der Waals surface area contributed by atoms with Crippen LogP contribution >= 0.6 is 11.6 Å². The van der Waals surface area contributed by atoms with E-state index in [9.17, 15) is 24.6 Å². The van der Waals surface area contributed by atoms with Gasteiger partial charge in [0.2, 0.25) is 0 Å². The zero-order chi connectivity index (χ0) is 25.9. The van der Waals surface area contributed by atoms with E-state index in [2.05, 4.69) is 0 Å². The summed E-state index contributed by atoms with van der Waals surface area (Å²) in [4.78, 5) is 35.0. The second-order valence-corrected chi connectivity index (χ2v) is 8.70. The van der Waals surface area contributed by atoms with Crippen molar-refractivity contribution in [1.82, 2.24) is 0 Å². The van der Waals surface area contributed by atoms with Gasteiger partial charge in [0.05, 0.1) is 24.3 Å². The third kappa shape index (κ3) is 7.75. The number of carboxylic acid groups (broad SMARTS) is 2. The molecule has 9 heteroatoms. The average molecular weight is 517 g/mol. The van der Waals surface area contributed by atoms with Crippen LogP contribution in [0.1, 0.15) is 64.8 Å². The first-order valence-electron chi connectivity index (χ1n) is 11.9. The molecule has 0 fully saturated rings. The lowest BCUT2D eigenvalue weighted by atomic mass is 9.95. The van der Waals surface area contributed by atoms with Crippen LogP contribution in [0.5, 0.6) is 11.5 Å². The van der Waals surface area contributed by atoms with Crippen LogP contribution in [0.4, 0.5) is 0 Å². The maximum Gasteiger partial charge on any atom is 0.336 e. The summed E-state index contributed by atoms with van der Waals surface area (Å²) < 4.78 is 16.5. The van der Waals surface area contributed by atoms with Crippen molar-refractivity contribution in [3.05, 3.63) is 69.6 Å². The summed E-state index contributed by atoms with van der Waals surface area (Å²) in [7, 11) is 0. The Hall–Kier alpha value is -3.52. The molecule has 3 rings (SSSR count). The number of fused-ring (bicyclic) bond motifs is 1. The van der Waals surface area contributed by atoms with Crippen molar-refractivity contribution in [2.45, 2.75) is 44.9 Å². The van der Waals surface area contributed by atoms with Gasteiger partial charge < -0.3 is 24.1 Å². The van der Waals surface area contributed by atoms with E-state index in [4.69, 9.17) is 25.5 Å². The van der Waals surface area contributed by atoms with E-state index in [1.165, 1.54) is 18.2 Å². The van der Waals surface area contributed by atoms with Crippen LogP contribution in [0.3, 0.4) is 0 Å². The molecule has 3 aromatic rings. The van der Waals surface area contributed by atoms with Crippen LogP contribution in [0.15, 0.2) is 51.7 Å². The molecule has 2 N–H and O–H groups in total. The Morgan fingerprint density at radius 2 is 1.39 bits per heavy atom. The molecular weight excluding hydrogens is 488 g/mol. The van der Waals surface area contributed by atoms with E-state index in [0.717, 1.165) is 31.1 Å². The highest BCUT2D eigenvalue weighted by atomic mass is 35.5. The molecule has 0 spiro atoms. The Balaban J connectivity index is 1.51. The second kappa shape index (κ2) is 13.5. The highest BCUT2D eigenvalue weighted by Crippen LogP contribution is 2.26. The lowest BCUT2D eigenvalue weighted by molar-refractivity contribution is 0.0694. The Labute approximate surface area is 213 Å².